The number of hydrogen-bond donors (Lipinski definition) is 2. The molecule has 1 saturated heterocycles. The van der Waals surface area contributed by atoms with Crippen molar-refractivity contribution < 1.29 is 14.0 Å². The number of aromatic amines is 1. The topological polar surface area (TPSA) is 106 Å². The standard InChI is InChI=1S/C27H33FN4O3/c1-14-7-15-8-16(24(34)31-20(15)10-19(14)28)9-17(12-29)30-25(35)23-22-18(27(22,5)6)13-32(23)21(33)11-26(2,3)4/h7-8,10,17-18,22-23H,9,11,13H2,1-6H3,(H,30,35)(H,31,34)/t17-,18-,22?,23-/m0/s1. The van der Waals surface area contributed by atoms with E-state index in [2.05, 4.69) is 30.2 Å². The molecule has 1 unspecified atom stereocenters. The molecule has 1 saturated carbocycles. The molecule has 7 nitrogen and oxygen atoms in total. The van der Waals surface area contributed by atoms with E-state index >= 15 is 0 Å². The van der Waals surface area contributed by atoms with Crippen LogP contribution in [0.3, 0.4) is 0 Å². The normalized spacial score (nSPS) is 23.5. The fourth-order valence-corrected chi connectivity index (χ4v) is 5.54. The number of fused-ring (bicyclic) bond motifs is 2. The Bertz CT molecular complexity index is 1300. The number of aryl methyl sites for hydroxylation is 1. The molecule has 0 bridgehead atoms. The first-order valence-corrected chi connectivity index (χ1v) is 12.0. The van der Waals surface area contributed by atoms with E-state index < -0.39 is 23.5 Å². The van der Waals surface area contributed by atoms with E-state index in [1.54, 1.807) is 24.0 Å². The predicted molar refractivity (Wildman–Crippen MR) is 131 cm³/mol. The van der Waals surface area contributed by atoms with E-state index in [0.29, 0.717) is 35.0 Å². The molecule has 0 radical (unpaired) electrons. The van der Waals surface area contributed by atoms with Crippen molar-refractivity contribution in [1.29, 1.82) is 5.26 Å². The summed E-state index contributed by atoms with van der Waals surface area (Å²) in [7, 11) is 0. The van der Waals surface area contributed by atoms with Gasteiger partial charge < -0.3 is 15.2 Å². The highest BCUT2D eigenvalue weighted by atomic mass is 19.1. The van der Waals surface area contributed by atoms with Crippen LogP contribution in [-0.2, 0) is 16.0 Å². The van der Waals surface area contributed by atoms with Crippen LogP contribution in [0.1, 0.15) is 52.2 Å². The molecule has 1 aromatic carbocycles. The number of aromatic nitrogens is 1. The van der Waals surface area contributed by atoms with Crippen LogP contribution in [0.2, 0.25) is 0 Å². The number of pyridine rings is 1. The maximum absolute atomic E-state index is 13.9. The maximum atomic E-state index is 13.9. The van der Waals surface area contributed by atoms with Crippen molar-refractivity contribution in [2.75, 3.05) is 6.54 Å². The van der Waals surface area contributed by atoms with Gasteiger partial charge in [-0.05, 0) is 58.7 Å². The molecule has 0 spiro atoms. The van der Waals surface area contributed by atoms with Gasteiger partial charge in [0, 0.05) is 24.9 Å². The molecule has 2 N–H and O–H groups in total. The number of carbonyl (C=O) groups is 2. The van der Waals surface area contributed by atoms with Crippen LogP contribution in [0, 0.1) is 46.7 Å². The van der Waals surface area contributed by atoms with Gasteiger partial charge in [0.25, 0.3) is 5.56 Å². The number of rotatable bonds is 5. The predicted octanol–water partition coefficient (Wildman–Crippen LogP) is 3.45. The average Bonchev–Trinajstić information content (AvgIpc) is 3.08. The summed E-state index contributed by atoms with van der Waals surface area (Å²) in [4.78, 5) is 43.4. The number of halogens is 1. The first-order valence-electron chi connectivity index (χ1n) is 12.0. The molecule has 1 aromatic heterocycles. The number of hydrogen-bond acceptors (Lipinski definition) is 4. The smallest absolute Gasteiger partial charge is 0.251 e. The number of nitrogens with one attached hydrogen (secondary N) is 2. The van der Waals surface area contributed by atoms with Crippen LogP contribution in [-0.4, -0.2) is 40.3 Å². The molecule has 2 aromatic rings. The summed E-state index contributed by atoms with van der Waals surface area (Å²) in [6, 6.07) is 5.06. The van der Waals surface area contributed by atoms with Crippen LogP contribution in [0.25, 0.3) is 10.9 Å². The van der Waals surface area contributed by atoms with Crippen molar-refractivity contribution in [2.45, 2.75) is 66.5 Å². The number of likely N-dealkylation sites (tertiary alicyclic amines) is 1. The molecule has 186 valence electrons. The Morgan fingerprint density at radius 3 is 2.63 bits per heavy atom. The van der Waals surface area contributed by atoms with E-state index in [-0.39, 0.29) is 40.9 Å². The minimum absolute atomic E-state index is 0.00405. The number of nitriles is 1. The summed E-state index contributed by atoms with van der Waals surface area (Å²) < 4.78 is 13.9. The third-order valence-corrected chi connectivity index (χ3v) is 7.58. The van der Waals surface area contributed by atoms with Gasteiger partial charge >= 0.3 is 0 Å². The van der Waals surface area contributed by atoms with E-state index in [9.17, 15) is 24.0 Å². The Balaban J connectivity index is 1.54. The quantitative estimate of drug-likeness (QED) is 0.684. The van der Waals surface area contributed by atoms with E-state index in [0.717, 1.165) is 0 Å². The lowest BCUT2D eigenvalue weighted by Gasteiger charge is -2.32. The maximum Gasteiger partial charge on any atom is 0.251 e. The number of piperidine rings is 1. The van der Waals surface area contributed by atoms with E-state index in [1.807, 2.05) is 20.8 Å². The van der Waals surface area contributed by atoms with Gasteiger partial charge in [0.2, 0.25) is 11.8 Å². The highest BCUT2D eigenvalue weighted by molar-refractivity contribution is 5.90. The van der Waals surface area contributed by atoms with Crippen LogP contribution in [0.5, 0.6) is 0 Å². The minimum Gasteiger partial charge on any atom is -0.338 e. The van der Waals surface area contributed by atoms with Crippen molar-refractivity contribution in [3.63, 3.8) is 0 Å². The summed E-state index contributed by atoms with van der Waals surface area (Å²) in [6.45, 7) is 12.4. The second-order valence-corrected chi connectivity index (χ2v) is 11.9. The fourth-order valence-electron chi connectivity index (χ4n) is 5.54. The average molecular weight is 481 g/mol. The van der Waals surface area contributed by atoms with Gasteiger partial charge in [-0.15, -0.1) is 0 Å². The highest BCUT2D eigenvalue weighted by Crippen LogP contribution is 2.65. The summed E-state index contributed by atoms with van der Waals surface area (Å²) in [5.74, 6) is -0.511. The molecule has 2 fully saturated rings. The second kappa shape index (κ2) is 8.47. The van der Waals surface area contributed by atoms with Crippen LogP contribution < -0.4 is 10.9 Å². The van der Waals surface area contributed by atoms with Crippen molar-refractivity contribution in [2.24, 2.45) is 22.7 Å². The minimum atomic E-state index is -0.942. The Morgan fingerprint density at radius 1 is 1.31 bits per heavy atom. The first kappa shape index (κ1) is 24.9. The molecule has 35 heavy (non-hydrogen) atoms. The number of carbonyl (C=O) groups excluding carboxylic acids is 2. The Hall–Kier alpha value is -3.21. The van der Waals surface area contributed by atoms with Gasteiger partial charge in [-0.3, -0.25) is 14.4 Å². The number of amides is 2. The lowest BCUT2D eigenvalue weighted by molar-refractivity contribution is -0.141. The molecule has 2 heterocycles. The largest absolute Gasteiger partial charge is 0.338 e. The Kier molecular flexibility index (Phi) is 6.03. The molecular weight excluding hydrogens is 447 g/mol. The van der Waals surface area contributed by atoms with E-state index in [4.69, 9.17) is 0 Å². The van der Waals surface area contributed by atoms with Crippen LogP contribution >= 0.6 is 0 Å². The third kappa shape index (κ3) is 4.69. The lowest BCUT2D eigenvalue weighted by Crippen LogP contribution is -2.52. The van der Waals surface area contributed by atoms with Gasteiger partial charge in [-0.1, -0.05) is 34.6 Å². The summed E-state index contributed by atoms with van der Waals surface area (Å²) in [5.41, 5.74) is 0.483. The number of benzene rings is 1. The van der Waals surface area contributed by atoms with Gasteiger partial charge in [0.1, 0.15) is 17.9 Å². The molecule has 4 atom stereocenters. The summed E-state index contributed by atoms with van der Waals surface area (Å²) in [5, 5.41) is 13.2. The molecule has 4 rings (SSSR count). The van der Waals surface area contributed by atoms with Crippen molar-refractivity contribution in [3.05, 3.63) is 45.5 Å². The SMILES string of the molecule is Cc1cc2cc(C[C@@H](C#N)NC(=O)[C@@H]3C4[C@H](CN3C(=O)CC(C)(C)C)C4(C)C)c(=O)[nH]c2cc1F. The van der Waals surface area contributed by atoms with Gasteiger partial charge in [-0.25, -0.2) is 4.39 Å². The third-order valence-electron chi connectivity index (χ3n) is 7.58. The number of nitrogens with zero attached hydrogens (tertiary/aromatic N) is 2. The zero-order chi connectivity index (χ0) is 25.9. The summed E-state index contributed by atoms with van der Waals surface area (Å²) >= 11 is 0. The molecule has 8 heteroatoms. The Labute approximate surface area is 204 Å². The molecular formula is C27H33FN4O3. The summed E-state index contributed by atoms with van der Waals surface area (Å²) in [6.07, 6.45) is 0.342. The van der Waals surface area contributed by atoms with Crippen LogP contribution in [0.15, 0.2) is 23.0 Å². The molecule has 2 aliphatic rings. The molecule has 2 amide bonds. The lowest BCUT2D eigenvalue weighted by atomic mass is 9.90. The zero-order valence-corrected chi connectivity index (χ0v) is 21.2. The Morgan fingerprint density at radius 2 is 2.00 bits per heavy atom. The first-order chi connectivity index (χ1) is 16.2. The van der Waals surface area contributed by atoms with Gasteiger partial charge in [0.05, 0.1) is 11.6 Å². The van der Waals surface area contributed by atoms with E-state index in [1.165, 1.54) is 6.07 Å². The van der Waals surface area contributed by atoms with Crippen molar-refractivity contribution in [3.8, 4) is 6.07 Å². The zero-order valence-electron chi connectivity index (χ0n) is 21.2. The van der Waals surface area contributed by atoms with Gasteiger partial charge in [-0.2, -0.15) is 5.26 Å². The van der Waals surface area contributed by atoms with Crippen molar-refractivity contribution in [1.82, 2.24) is 15.2 Å². The monoisotopic (exact) mass is 480 g/mol. The van der Waals surface area contributed by atoms with Crippen molar-refractivity contribution >= 4 is 22.7 Å². The molecule has 1 aliphatic heterocycles. The van der Waals surface area contributed by atoms with Gasteiger partial charge in [0.15, 0.2) is 0 Å². The second-order valence-electron chi connectivity index (χ2n) is 11.9. The molecule has 1 aliphatic carbocycles. The van der Waals surface area contributed by atoms with Crippen LogP contribution in [0.4, 0.5) is 4.39 Å². The fraction of sp³-hybridized carbons (Fsp3) is 0.556. The number of H-pyrrole nitrogens is 1. The highest BCUT2D eigenvalue weighted by Gasteiger charge is 2.69.